The average molecular weight is 253 g/mol. The quantitative estimate of drug-likeness (QED) is 0.598. The minimum absolute atomic E-state index is 0.00429. The van der Waals surface area contributed by atoms with Gasteiger partial charge in [0.05, 0.1) is 17.6 Å². The Morgan fingerprint density at radius 1 is 1.56 bits per heavy atom. The van der Waals surface area contributed by atoms with Gasteiger partial charge in [0.15, 0.2) is 0 Å². The second-order valence-corrected chi connectivity index (χ2v) is 4.38. The molecule has 0 amide bonds. The van der Waals surface area contributed by atoms with Gasteiger partial charge in [-0.3, -0.25) is 10.1 Å². The number of pyridine rings is 1. The molecule has 0 spiro atoms. The highest BCUT2D eigenvalue weighted by Gasteiger charge is 2.17. The van der Waals surface area contributed by atoms with E-state index in [0.29, 0.717) is 17.4 Å². The Balaban J connectivity index is 2.85. The summed E-state index contributed by atoms with van der Waals surface area (Å²) in [7, 11) is 0. The van der Waals surface area contributed by atoms with Crippen molar-refractivity contribution in [2.45, 2.75) is 33.2 Å². The molecule has 1 aromatic rings. The monoisotopic (exact) mass is 253 g/mol. The maximum atomic E-state index is 10.7. The first-order valence-corrected chi connectivity index (χ1v) is 5.99. The molecule has 1 aromatic heterocycles. The summed E-state index contributed by atoms with van der Waals surface area (Å²) in [5.41, 5.74) is 0.371. The van der Waals surface area contributed by atoms with E-state index in [1.807, 2.05) is 13.8 Å². The van der Waals surface area contributed by atoms with Crippen molar-refractivity contribution in [2.24, 2.45) is 5.92 Å². The molecule has 0 saturated heterocycles. The van der Waals surface area contributed by atoms with Crippen LogP contribution in [0.2, 0.25) is 0 Å². The molecule has 0 aliphatic rings. The molecule has 0 saturated carbocycles. The molecule has 18 heavy (non-hydrogen) atoms. The first-order valence-electron chi connectivity index (χ1n) is 5.99. The van der Waals surface area contributed by atoms with Crippen molar-refractivity contribution in [1.82, 2.24) is 4.98 Å². The molecule has 1 rings (SSSR count). The number of hydrogen-bond acceptors (Lipinski definition) is 5. The zero-order chi connectivity index (χ0) is 13.7. The fourth-order valence-electron chi connectivity index (χ4n) is 1.67. The highest BCUT2D eigenvalue weighted by atomic mass is 16.6. The first-order chi connectivity index (χ1) is 8.49. The van der Waals surface area contributed by atoms with Crippen LogP contribution in [0.3, 0.4) is 0 Å². The Kier molecular flexibility index (Phi) is 5.03. The van der Waals surface area contributed by atoms with Gasteiger partial charge in [0.1, 0.15) is 11.5 Å². The van der Waals surface area contributed by atoms with Crippen LogP contribution in [0.15, 0.2) is 12.1 Å². The largest absolute Gasteiger partial charge is 0.394 e. The summed E-state index contributed by atoms with van der Waals surface area (Å²) in [4.78, 5) is 14.4. The molecule has 0 radical (unpaired) electrons. The Hall–Kier alpha value is -1.69. The molecule has 2 unspecified atom stereocenters. The van der Waals surface area contributed by atoms with Crippen molar-refractivity contribution in [3.63, 3.8) is 0 Å². The van der Waals surface area contributed by atoms with Gasteiger partial charge in [-0.15, -0.1) is 0 Å². The van der Waals surface area contributed by atoms with Crippen LogP contribution in [0.25, 0.3) is 0 Å². The van der Waals surface area contributed by atoms with Crippen LogP contribution in [0.5, 0.6) is 0 Å². The number of hydrogen-bond donors (Lipinski definition) is 2. The molecule has 6 nitrogen and oxygen atoms in total. The van der Waals surface area contributed by atoms with Gasteiger partial charge >= 0.3 is 0 Å². The second-order valence-electron chi connectivity index (χ2n) is 4.38. The van der Waals surface area contributed by atoms with Gasteiger partial charge in [-0.25, -0.2) is 4.98 Å². The summed E-state index contributed by atoms with van der Waals surface area (Å²) in [6, 6.07) is 2.90. The Morgan fingerprint density at radius 2 is 2.22 bits per heavy atom. The van der Waals surface area contributed by atoms with E-state index in [1.54, 1.807) is 13.0 Å². The highest BCUT2D eigenvalue weighted by Crippen LogP contribution is 2.19. The Labute approximate surface area is 106 Å². The lowest BCUT2D eigenvalue weighted by Crippen LogP contribution is -2.31. The molecule has 1 heterocycles. The van der Waals surface area contributed by atoms with Gasteiger partial charge in [0.2, 0.25) is 0 Å². The fourth-order valence-corrected chi connectivity index (χ4v) is 1.67. The zero-order valence-corrected chi connectivity index (χ0v) is 10.9. The average Bonchev–Trinajstić information content (AvgIpc) is 2.34. The Bertz CT molecular complexity index is 423. The van der Waals surface area contributed by atoms with E-state index in [0.717, 1.165) is 6.42 Å². The maximum Gasteiger partial charge on any atom is 0.290 e. The lowest BCUT2D eigenvalue weighted by atomic mass is 10.00. The second kappa shape index (κ2) is 6.30. The number of aliphatic hydroxyl groups is 1. The van der Waals surface area contributed by atoms with E-state index < -0.39 is 4.92 Å². The molecule has 0 fully saturated rings. The van der Waals surface area contributed by atoms with Crippen LogP contribution >= 0.6 is 0 Å². The van der Waals surface area contributed by atoms with Crippen LogP contribution in [0.4, 0.5) is 11.5 Å². The van der Waals surface area contributed by atoms with Gasteiger partial charge in [0, 0.05) is 6.07 Å². The lowest BCUT2D eigenvalue weighted by Gasteiger charge is -2.22. The number of nitro groups is 1. The zero-order valence-electron chi connectivity index (χ0n) is 10.9. The third-order valence-corrected chi connectivity index (χ3v) is 3.12. The third kappa shape index (κ3) is 3.40. The molecular weight excluding hydrogens is 234 g/mol. The first kappa shape index (κ1) is 14.4. The summed E-state index contributed by atoms with van der Waals surface area (Å²) >= 11 is 0. The summed E-state index contributed by atoms with van der Waals surface area (Å²) in [6.45, 7) is 5.68. The molecule has 0 bridgehead atoms. The molecule has 6 heteroatoms. The van der Waals surface area contributed by atoms with E-state index in [2.05, 4.69) is 10.3 Å². The van der Waals surface area contributed by atoms with Crippen molar-refractivity contribution in [3.8, 4) is 0 Å². The predicted molar refractivity (Wildman–Crippen MR) is 69.6 cm³/mol. The number of nitrogens with one attached hydrogen (secondary N) is 1. The Morgan fingerprint density at radius 3 is 2.67 bits per heavy atom. The third-order valence-electron chi connectivity index (χ3n) is 3.12. The van der Waals surface area contributed by atoms with Crippen LogP contribution < -0.4 is 5.32 Å². The van der Waals surface area contributed by atoms with Crippen molar-refractivity contribution < 1.29 is 10.0 Å². The van der Waals surface area contributed by atoms with E-state index in [9.17, 15) is 15.2 Å². The number of aryl methyl sites for hydroxylation is 1. The number of rotatable bonds is 6. The minimum Gasteiger partial charge on any atom is -0.394 e. The fraction of sp³-hybridized carbons (Fsp3) is 0.583. The van der Waals surface area contributed by atoms with Crippen LogP contribution in [-0.2, 0) is 0 Å². The van der Waals surface area contributed by atoms with Gasteiger partial charge in [-0.2, -0.15) is 0 Å². The van der Waals surface area contributed by atoms with Crippen molar-refractivity contribution in [2.75, 3.05) is 11.9 Å². The van der Waals surface area contributed by atoms with Gasteiger partial charge in [0.25, 0.3) is 5.69 Å². The van der Waals surface area contributed by atoms with Gasteiger partial charge in [-0.05, 0) is 18.9 Å². The molecule has 0 aliphatic carbocycles. The SMILES string of the molecule is CCC(C)C(CO)Nc1ccc([N+](=O)[O-])c(C)n1. The maximum absolute atomic E-state index is 10.7. The molecule has 0 aliphatic heterocycles. The number of anilines is 1. The van der Waals surface area contributed by atoms with E-state index in [1.165, 1.54) is 6.07 Å². The smallest absolute Gasteiger partial charge is 0.290 e. The topological polar surface area (TPSA) is 88.3 Å². The summed E-state index contributed by atoms with van der Waals surface area (Å²) in [6.07, 6.45) is 0.935. The summed E-state index contributed by atoms with van der Waals surface area (Å²) in [5, 5.41) is 23.1. The highest BCUT2D eigenvalue weighted by molar-refractivity contribution is 5.45. The predicted octanol–water partition coefficient (Wildman–Crippen LogP) is 2.12. The van der Waals surface area contributed by atoms with E-state index in [4.69, 9.17) is 0 Å². The number of aromatic nitrogens is 1. The molecule has 2 atom stereocenters. The molecular formula is C12H19N3O3. The molecule has 2 N–H and O–H groups in total. The molecule has 0 aromatic carbocycles. The number of nitrogens with zero attached hydrogens (tertiary/aromatic N) is 2. The van der Waals surface area contributed by atoms with Crippen molar-refractivity contribution in [1.29, 1.82) is 0 Å². The summed E-state index contributed by atoms with van der Waals surface area (Å²) < 4.78 is 0. The molecule has 100 valence electrons. The van der Waals surface area contributed by atoms with Crippen molar-refractivity contribution in [3.05, 3.63) is 27.9 Å². The number of aliphatic hydroxyl groups excluding tert-OH is 1. The van der Waals surface area contributed by atoms with Crippen LogP contribution in [0.1, 0.15) is 26.0 Å². The van der Waals surface area contributed by atoms with Crippen LogP contribution in [-0.4, -0.2) is 27.7 Å². The van der Waals surface area contributed by atoms with Gasteiger partial charge in [-0.1, -0.05) is 20.3 Å². The minimum atomic E-state index is -0.454. The summed E-state index contributed by atoms with van der Waals surface area (Å²) in [5.74, 6) is 0.852. The standard InChI is InChI=1S/C12H19N3O3/c1-4-8(2)10(7-16)14-12-6-5-11(15(17)18)9(3)13-12/h5-6,8,10,16H,4,7H2,1-3H3,(H,13,14). The van der Waals surface area contributed by atoms with Gasteiger partial charge < -0.3 is 10.4 Å². The van der Waals surface area contributed by atoms with E-state index in [-0.39, 0.29) is 18.3 Å². The van der Waals surface area contributed by atoms with E-state index >= 15 is 0 Å². The lowest BCUT2D eigenvalue weighted by molar-refractivity contribution is -0.385. The van der Waals surface area contributed by atoms with Crippen molar-refractivity contribution >= 4 is 11.5 Å². The van der Waals surface area contributed by atoms with Crippen LogP contribution in [0, 0.1) is 23.0 Å². The normalized spacial score (nSPS) is 14.0.